The monoisotopic (exact) mass is 270 g/mol. The molecular formula is C18H22O2. The Morgan fingerprint density at radius 1 is 0.800 bits per heavy atom. The van der Waals surface area contributed by atoms with Gasteiger partial charge in [-0.25, -0.2) is 0 Å². The molecule has 0 aromatic heterocycles. The summed E-state index contributed by atoms with van der Waals surface area (Å²) in [6.45, 7) is 4.49. The van der Waals surface area contributed by atoms with Crippen molar-refractivity contribution in [3.8, 4) is 11.5 Å². The van der Waals surface area contributed by atoms with Gasteiger partial charge in [-0.2, -0.15) is 0 Å². The van der Waals surface area contributed by atoms with E-state index >= 15 is 0 Å². The van der Waals surface area contributed by atoms with Crippen LogP contribution in [-0.2, 0) is 6.42 Å². The molecule has 106 valence electrons. The molecule has 0 saturated heterocycles. The quantitative estimate of drug-likeness (QED) is 0.841. The van der Waals surface area contributed by atoms with Crippen LogP contribution in [0.4, 0.5) is 0 Å². The van der Waals surface area contributed by atoms with Gasteiger partial charge in [0.25, 0.3) is 0 Å². The molecule has 0 heterocycles. The van der Waals surface area contributed by atoms with Crippen molar-refractivity contribution in [2.24, 2.45) is 5.92 Å². The fraction of sp³-hybridized carbons (Fsp3) is 0.333. The van der Waals surface area contributed by atoms with E-state index in [-0.39, 0.29) is 0 Å². The summed E-state index contributed by atoms with van der Waals surface area (Å²) < 4.78 is 0. The normalized spacial score (nSPS) is 13.9. The molecule has 0 amide bonds. The highest BCUT2D eigenvalue weighted by Crippen LogP contribution is 2.28. The number of benzene rings is 2. The Morgan fingerprint density at radius 3 is 1.85 bits per heavy atom. The summed E-state index contributed by atoms with van der Waals surface area (Å²) in [4.78, 5) is 0. The molecule has 2 atom stereocenters. The van der Waals surface area contributed by atoms with Gasteiger partial charge in [0, 0.05) is 0 Å². The maximum atomic E-state index is 9.33. The van der Waals surface area contributed by atoms with E-state index < -0.39 is 0 Å². The highest BCUT2D eigenvalue weighted by molar-refractivity contribution is 5.29. The Bertz CT molecular complexity index is 528. The van der Waals surface area contributed by atoms with E-state index in [4.69, 9.17) is 0 Å². The summed E-state index contributed by atoms with van der Waals surface area (Å²) in [7, 11) is 0. The Morgan fingerprint density at radius 2 is 1.30 bits per heavy atom. The standard InChI is InChI=1S/C18H22O2/c1-13(3-4-15-5-9-17(19)10-6-15)14(2)16-7-11-18(20)12-8-16/h5-14,19-20H,3-4H2,1-2H3. The van der Waals surface area contributed by atoms with E-state index in [1.807, 2.05) is 24.3 Å². The Balaban J connectivity index is 1.92. The van der Waals surface area contributed by atoms with Crippen molar-refractivity contribution in [1.29, 1.82) is 0 Å². The lowest BCUT2D eigenvalue weighted by atomic mass is 9.85. The third kappa shape index (κ3) is 3.77. The second-order valence-corrected chi connectivity index (χ2v) is 5.56. The van der Waals surface area contributed by atoms with Gasteiger partial charge in [0.15, 0.2) is 0 Å². The highest BCUT2D eigenvalue weighted by Gasteiger charge is 2.14. The number of aromatic hydroxyl groups is 2. The first-order valence-corrected chi connectivity index (χ1v) is 7.13. The smallest absolute Gasteiger partial charge is 0.115 e. The molecular weight excluding hydrogens is 248 g/mol. The molecule has 20 heavy (non-hydrogen) atoms. The predicted molar refractivity (Wildman–Crippen MR) is 82.1 cm³/mol. The summed E-state index contributed by atoms with van der Waals surface area (Å²) in [5.74, 6) is 1.66. The average Bonchev–Trinajstić information content (AvgIpc) is 2.46. The topological polar surface area (TPSA) is 40.5 Å². The van der Waals surface area contributed by atoms with Crippen LogP contribution in [0.5, 0.6) is 11.5 Å². The van der Waals surface area contributed by atoms with E-state index in [0.29, 0.717) is 23.3 Å². The number of aryl methyl sites for hydroxylation is 1. The van der Waals surface area contributed by atoms with Gasteiger partial charge in [-0.15, -0.1) is 0 Å². The van der Waals surface area contributed by atoms with Crippen LogP contribution in [0.2, 0.25) is 0 Å². The van der Waals surface area contributed by atoms with Crippen LogP contribution in [0.25, 0.3) is 0 Å². The minimum atomic E-state index is 0.317. The minimum absolute atomic E-state index is 0.317. The van der Waals surface area contributed by atoms with Crippen molar-refractivity contribution in [3.63, 3.8) is 0 Å². The molecule has 2 rings (SSSR count). The minimum Gasteiger partial charge on any atom is -0.508 e. The zero-order valence-electron chi connectivity index (χ0n) is 12.1. The maximum absolute atomic E-state index is 9.33. The Kier molecular flexibility index (Phi) is 4.67. The maximum Gasteiger partial charge on any atom is 0.115 e. The summed E-state index contributed by atoms with van der Waals surface area (Å²) in [5.41, 5.74) is 2.52. The van der Waals surface area contributed by atoms with E-state index in [1.165, 1.54) is 11.1 Å². The van der Waals surface area contributed by atoms with Gasteiger partial charge in [0.2, 0.25) is 0 Å². The van der Waals surface area contributed by atoms with Crippen molar-refractivity contribution >= 4 is 0 Å². The first kappa shape index (κ1) is 14.4. The van der Waals surface area contributed by atoms with E-state index in [9.17, 15) is 10.2 Å². The molecule has 0 aliphatic carbocycles. The molecule has 0 bridgehead atoms. The van der Waals surface area contributed by atoms with Crippen molar-refractivity contribution in [1.82, 2.24) is 0 Å². The summed E-state index contributed by atoms with van der Waals surface area (Å²) in [6, 6.07) is 14.9. The molecule has 0 radical (unpaired) electrons. The molecule has 2 aromatic rings. The number of phenolic OH excluding ortho intramolecular Hbond substituents is 2. The number of rotatable bonds is 5. The lowest BCUT2D eigenvalue weighted by molar-refractivity contribution is 0.450. The summed E-state index contributed by atoms with van der Waals surface area (Å²) in [6.07, 6.45) is 2.12. The lowest BCUT2D eigenvalue weighted by Gasteiger charge is -2.20. The number of phenols is 2. The molecule has 2 N–H and O–H groups in total. The van der Waals surface area contributed by atoms with Crippen molar-refractivity contribution in [2.75, 3.05) is 0 Å². The SMILES string of the molecule is CC(CCc1ccc(O)cc1)C(C)c1ccc(O)cc1. The molecule has 2 nitrogen and oxygen atoms in total. The Labute approximate surface area is 120 Å². The van der Waals surface area contributed by atoms with Crippen LogP contribution >= 0.6 is 0 Å². The fourth-order valence-electron chi connectivity index (χ4n) is 2.41. The number of hydrogen-bond acceptors (Lipinski definition) is 2. The van der Waals surface area contributed by atoms with Crippen LogP contribution in [-0.4, -0.2) is 10.2 Å². The van der Waals surface area contributed by atoms with Crippen molar-refractivity contribution < 1.29 is 10.2 Å². The second kappa shape index (κ2) is 6.47. The van der Waals surface area contributed by atoms with Crippen LogP contribution < -0.4 is 0 Å². The highest BCUT2D eigenvalue weighted by atomic mass is 16.3. The van der Waals surface area contributed by atoms with Gasteiger partial charge in [-0.05, 0) is 60.1 Å². The molecule has 2 aromatic carbocycles. The van der Waals surface area contributed by atoms with Gasteiger partial charge < -0.3 is 10.2 Å². The lowest BCUT2D eigenvalue weighted by Crippen LogP contribution is -2.07. The predicted octanol–water partition coefficient (Wildman–Crippen LogP) is 4.47. The zero-order chi connectivity index (χ0) is 14.5. The van der Waals surface area contributed by atoms with Crippen LogP contribution in [0.1, 0.15) is 37.3 Å². The molecule has 0 fully saturated rings. The van der Waals surface area contributed by atoms with Crippen LogP contribution in [0.15, 0.2) is 48.5 Å². The largest absolute Gasteiger partial charge is 0.508 e. The second-order valence-electron chi connectivity index (χ2n) is 5.56. The van der Waals surface area contributed by atoms with E-state index in [1.54, 1.807) is 24.3 Å². The van der Waals surface area contributed by atoms with Crippen molar-refractivity contribution in [2.45, 2.75) is 32.6 Å². The number of hydrogen-bond donors (Lipinski definition) is 2. The molecule has 2 unspecified atom stereocenters. The third-order valence-electron chi connectivity index (χ3n) is 4.10. The van der Waals surface area contributed by atoms with Gasteiger partial charge in [-0.1, -0.05) is 38.1 Å². The zero-order valence-corrected chi connectivity index (χ0v) is 12.1. The first-order valence-electron chi connectivity index (χ1n) is 7.13. The first-order chi connectivity index (χ1) is 9.56. The molecule has 0 spiro atoms. The summed E-state index contributed by atoms with van der Waals surface area (Å²) >= 11 is 0. The average molecular weight is 270 g/mol. The molecule has 0 aliphatic rings. The fourth-order valence-corrected chi connectivity index (χ4v) is 2.41. The third-order valence-corrected chi connectivity index (χ3v) is 4.10. The van der Waals surface area contributed by atoms with Crippen molar-refractivity contribution in [3.05, 3.63) is 59.7 Å². The Hall–Kier alpha value is -1.96. The molecule has 0 aliphatic heterocycles. The van der Waals surface area contributed by atoms with E-state index in [2.05, 4.69) is 13.8 Å². The van der Waals surface area contributed by atoms with Crippen LogP contribution in [0, 0.1) is 5.92 Å². The molecule has 2 heteroatoms. The van der Waals surface area contributed by atoms with Crippen LogP contribution in [0.3, 0.4) is 0 Å². The van der Waals surface area contributed by atoms with Gasteiger partial charge >= 0.3 is 0 Å². The van der Waals surface area contributed by atoms with Gasteiger partial charge in [0.1, 0.15) is 11.5 Å². The van der Waals surface area contributed by atoms with Gasteiger partial charge in [-0.3, -0.25) is 0 Å². The molecule has 0 saturated carbocycles. The summed E-state index contributed by atoms with van der Waals surface area (Å²) in [5, 5.41) is 18.6. The van der Waals surface area contributed by atoms with E-state index in [0.717, 1.165) is 12.8 Å². The van der Waals surface area contributed by atoms with Gasteiger partial charge in [0.05, 0.1) is 0 Å².